The summed E-state index contributed by atoms with van der Waals surface area (Å²) >= 11 is 1.35. The highest BCUT2D eigenvalue weighted by Crippen LogP contribution is 2.30. The van der Waals surface area contributed by atoms with Gasteiger partial charge in [0.15, 0.2) is 0 Å². The van der Waals surface area contributed by atoms with Crippen molar-refractivity contribution in [3.05, 3.63) is 57.8 Å². The van der Waals surface area contributed by atoms with Gasteiger partial charge in [0.25, 0.3) is 5.91 Å². The molecule has 0 saturated heterocycles. The number of nitrogens with one attached hydrogen (secondary N) is 1. The van der Waals surface area contributed by atoms with Crippen molar-refractivity contribution in [3.8, 4) is 0 Å². The molecule has 2 N–H and O–H groups in total. The van der Waals surface area contributed by atoms with E-state index in [0.29, 0.717) is 5.56 Å². The maximum atomic E-state index is 12.6. The molecular formula is C14H12F3NO2S. The van der Waals surface area contributed by atoms with Crippen LogP contribution in [0.2, 0.25) is 0 Å². The van der Waals surface area contributed by atoms with Gasteiger partial charge in [-0.15, -0.1) is 0 Å². The summed E-state index contributed by atoms with van der Waals surface area (Å²) < 4.78 is 37.7. The van der Waals surface area contributed by atoms with Crippen LogP contribution < -0.4 is 5.32 Å². The molecule has 21 heavy (non-hydrogen) atoms. The van der Waals surface area contributed by atoms with Gasteiger partial charge in [0.1, 0.15) is 0 Å². The first-order valence-electron chi connectivity index (χ1n) is 6.03. The van der Waals surface area contributed by atoms with Gasteiger partial charge < -0.3 is 10.4 Å². The molecule has 1 heterocycles. The number of aliphatic hydroxyl groups is 1. The SMILES string of the molecule is O=C(NCC(O)c1cccc(C(F)(F)F)c1)c1ccsc1. The number of alkyl halides is 3. The van der Waals surface area contributed by atoms with Crippen LogP contribution in [0.1, 0.15) is 27.6 Å². The van der Waals surface area contributed by atoms with Crippen molar-refractivity contribution in [2.45, 2.75) is 12.3 Å². The van der Waals surface area contributed by atoms with Crippen LogP contribution in [0.3, 0.4) is 0 Å². The molecule has 0 fully saturated rings. The van der Waals surface area contributed by atoms with Crippen molar-refractivity contribution in [1.82, 2.24) is 5.32 Å². The number of thiophene rings is 1. The van der Waals surface area contributed by atoms with Crippen molar-refractivity contribution in [2.75, 3.05) is 6.54 Å². The van der Waals surface area contributed by atoms with Crippen LogP contribution >= 0.6 is 11.3 Å². The topological polar surface area (TPSA) is 49.3 Å². The number of carbonyl (C=O) groups is 1. The second-order valence-corrected chi connectivity index (χ2v) is 5.14. The van der Waals surface area contributed by atoms with Gasteiger partial charge in [-0.2, -0.15) is 24.5 Å². The van der Waals surface area contributed by atoms with E-state index in [0.717, 1.165) is 12.1 Å². The standard InChI is InChI=1S/C14H12F3NO2S/c15-14(16,17)11-3-1-2-9(6-11)12(19)7-18-13(20)10-4-5-21-8-10/h1-6,8,12,19H,7H2,(H,18,20). The third-order valence-electron chi connectivity index (χ3n) is 2.84. The van der Waals surface area contributed by atoms with Gasteiger partial charge in [-0.25, -0.2) is 0 Å². The Hall–Kier alpha value is -1.86. The van der Waals surface area contributed by atoms with Crippen molar-refractivity contribution < 1.29 is 23.1 Å². The molecule has 0 spiro atoms. The highest BCUT2D eigenvalue weighted by Gasteiger charge is 2.30. The summed E-state index contributed by atoms with van der Waals surface area (Å²) in [6.45, 7) is -0.157. The number of rotatable bonds is 4. The molecule has 0 radical (unpaired) electrons. The van der Waals surface area contributed by atoms with E-state index in [2.05, 4.69) is 5.32 Å². The predicted octanol–water partition coefficient (Wildman–Crippen LogP) is 3.23. The second-order valence-electron chi connectivity index (χ2n) is 4.36. The quantitative estimate of drug-likeness (QED) is 0.910. The average Bonchev–Trinajstić information content (AvgIpc) is 2.98. The molecule has 3 nitrogen and oxygen atoms in total. The third kappa shape index (κ3) is 4.05. The van der Waals surface area contributed by atoms with Crippen LogP contribution in [0, 0.1) is 0 Å². The van der Waals surface area contributed by atoms with Crippen molar-refractivity contribution in [3.63, 3.8) is 0 Å². The molecule has 0 aliphatic carbocycles. The van der Waals surface area contributed by atoms with Crippen LogP contribution in [0.15, 0.2) is 41.1 Å². The molecule has 1 atom stereocenters. The van der Waals surface area contributed by atoms with E-state index in [4.69, 9.17) is 0 Å². The number of amides is 1. The monoisotopic (exact) mass is 315 g/mol. The Kier molecular flexibility index (Phi) is 4.64. The van der Waals surface area contributed by atoms with Crippen LogP contribution in [0.4, 0.5) is 13.2 Å². The Bertz CT molecular complexity index is 611. The van der Waals surface area contributed by atoms with Crippen molar-refractivity contribution >= 4 is 17.2 Å². The summed E-state index contributed by atoms with van der Waals surface area (Å²) in [4.78, 5) is 11.7. The van der Waals surface area contributed by atoms with Gasteiger partial charge in [-0.1, -0.05) is 12.1 Å². The average molecular weight is 315 g/mol. The molecule has 2 aromatic rings. The lowest BCUT2D eigenvalue weighted by molar-refractivity contribution is -0.137. The molecule has 1 amide bonds. The van der Waals surface area contributed by atoms with E-state index in [9.17, 15) is 23.1 Å². The fourth-order valence-electron chi connectivity index (χ4n) is 1.73. The van der Waals surface area contributed by atoms with Crippen LogP contribution in [0.5, 0.6) is 0 Å². The first-order valence-corrected chi connectivity index (χ1v) is 6.98. The fraction of sp³-hybridized carbons (Fsp3) is 0.214. The lowest BCUT2D eigenvalue weighted by Gasteiger charge is -2.14. The third-order valence-corrected chi connectivity index (χ3v) is 3.52. The van der Waals surface area contributed by atoms with Gasteiger partial charge >= 0.3 is 6.18 Å². The van der Waals surface area contributed by atoms with Gasteiger partial charge in [0, 0.05) is 17.5 Å². The summed E-state index contributed by atoms with van der Waals surface area (Å²) in [7, 11) is 0. The Morgan fingerprint density at radius 2 is 2.10 bits per heavy atom. The van der Waals surface area contributed by atoms with E-state index in [-0.39, 0.29) is 18.0 Å². The molecule has 1 unspecified atom stereocenters. The summed E-state index contributed by atoms with van der Waals surface area (Å²) in [6, 6.07) is 6.04. The first-order chi connectivity index (χ1) is 9.88. The lowest BCUT2D eigenvalue weighted by Crippen LogP contribution is -2.28. The maximum absolute atomic E-state index is 12.6. The Labute approximate surface area is 123 Å². The van der Waals surface area contributed by atoms with Gasteiger partial charge in [-0.05, 0) is 29.1 Å². The second kappa shape index (κ2) is 6.28. The normalized spacial score (nSPS) is 13.0. The summed E-state index contributed by atoms with van der Waals surface area (Å²) in [5.74, 6) is -0.373. The summed E-state index contributed by atoms with van der Waals surface area (Å²) in [5, 5.41) is 15.7. The molecule has 1 aromatic carbocycles. The van der Waals surface area contributed by atoms with Gasteiger partial charge in [0.05, 0.1) is 11.7 Å². The Morgan fingerprint density at radius 1 is 1.33 bits per heavy atom. The number of carbonyl (C=O) groups excluding carboxylic acids is 1. The Morgan fingerprint density at radius 3 is 2.71 bits per heavy atom. The number of benzene rings is 1. The molecule has 0 bridgehead atoms. The smallest absolute Gasteiger partial charge is 0.387 e. The minimum atomic E-state index is -4.46. The lowest BCUT2D eigenvalue weighted by atomic mass is 10.1. The molecule has 2 rings (SSSR count). The van der Waals surface area contributed by atoms with Crippen LogP contribution in [0.25, 0.3) is 0 Å². The minimum absolute atomic E-state index is 0.107. The Balaban J connectivity index is 2.00. The molecule has 0 saturated carbocycles. The zero-order valence-corrected chi connectivity index (χ0v) is 11.5. The predicted molar refractivity (Wildman–Crippen MR) is 73.1 cm³/mol. The minimum Gasteiger partial charge on any atom is -0.387 e. The number of hydrogen-bond acceptors (Lipinski definition) is 3. The zero-order chi connectivity index (χ0) is 15.5. The van der Waals surface area contributed by atoms with Crippen LogP contribution in [-0.4, -0.2) is 17.6 Å². The zero-order valence-electron chi connectivity index (χ0n) is 10.7. The highest BCUT2D eigenvalue weighted by molar-refractivity contribution is 7.08. The van der Waals surface area contributed by atoms with E-state index in [1.807, 2.05) is 0 Å². The van der Waals surface area contributed by atoms with Gasteiger partial charge in [0.2, 0.25) is 0 Å². The van der Waals surface area contributed by atoms with Crippen molar-refractivity contribution in [2.24, 2.45) is 0 Å². The van der Waals surface area contributed by atoms with E-state index in [1.54, 1.807) is 16.8 Å². The number of aliphatic hydroxyl groups excluding tert-OH is 1. The molecule has 1 aromatic heterocycles. The van der Waals surface area contributed by atoms with Gasteiger partial charge in [-0.3, -0.25) is 4.79 Å². The van der Waals surface area contributed by atoms with Crippen LogP contribution in [-0.2, 0) is 6.18 Å². The summed E-state index contributed by atoms with van der Waals surface area (Å²) in [5.41, 5.74) is -0.269. The van der Waals surface area contributed by atoms with E-state index >= 15 is 0 Å². The molecule has 0 aliphatic heterocycles. The molecule has 7 heteroatoms. The number of hydrogen-bond donors (Lipinski definition) is 2. The molecule has 0 aliphatic rings. The van der Waals surface area contributed by atoms with Crippen molar-refractivity contribution in [1.29, 1.82) is 0 Å². The first kappa shape index (κ1) is 15.5. The van der Waals surface area contributed by atoms with E-state index < -0.39 is 17.8 Å². The molecular weight excluding hydrogens is 303 g/mol. The largest absolute Gasteiger partial charge is 0.416 e. The number of halogens is 3. The maximum Gasteiger partial charge on any atom is 0.416 e. The van der Waals surface area contributed by atoms with E-state index in [1.165, 1.54) is 23.5 Å². The summed E-state index contributed by atoms with van der Waals surface area (Å²) in [6.07, 6.45) is -5.66. The molecule has 112 valence electrons. The fourth-order valence-corrected chi connectivity index (χ4v) is 2.36. The highest BCUT2D eigenvalue weighted by atomic mass is 32.1.